The van der Waals surface area contributed by atoms with Crippen molar-refractivity contribution in [2.75, 3.05) is 7.11 Å². The topological polar surface area (TPSA) is 9.23 Å². The van der Waals surface area contributed by atoms with Gasteiger partial charge in [0.1, 0.15) is 11.6 Å². The molecule has 2 rings (SSSR count). The van der Waals surface area contributed by atoms with Crippen LogP contribution in [0.3, 0.4) is 0 Å². The van der Waals surface area contributed by atoms with Gasteiger partial charge in [0.05, 0.1) is 7.11 Å². The molecule has 2 aromatic carbocycles. The molecule has 112 valence electrons. The predicted octanol–water partition coefficient (Wildman–Crippen LogP) is 6.24. The van der Waals surface area contributed by atoms with Crippen LogP contribution >= 0.6 is 43.5 Å². The van der Waals surface area contributed by atoms with Crippen LogP contribution in [0.15, 0.2) is 34.8 Å². The summed E-state index contributed by atoms with van der Waals surface area (Å²) in [4.78, 5) is -0.0984. The van der Waals surface area contributed by atoms with Crippen LogP contribution in [-0.4, -0.2) is 7.11 Å². The fourth-order valence-corrected chi connectivity index (χ4v) is 3.39. The molecule has 0 bridgehead atoms. The van der Waals surface area contributed by atoms with Gasteiger partial charge in [-0.1, -0.05) is 49.5 Å². The molecule has 0 aliphatic carbocycles. The van der Waals surface area contributed by atoms with Gasteiger partial charge in [0.25, 0.3) is 0 Å². The Kier molecular flexibility index (Phi) is 5.69. The second-order valence-corrected chi connectivity index (χ2v) is 7.08. The molecule has 1 nitrogen and oxygen atoms in total. The molecule has 0 N–H and O–H groups in total. The highest BCUT2D eigenvalue weighted by molar-refractivity contribution is 9.10. The zero-order chi connectivity index (χ0) is 15.6. The molecule has 0 spiro atoms. The van der Waals surface area contributed by atoms with Gasteiger partial charge in [-0.3, -0.25) is 0 Å². The van der Waals surface area contributed by atoms with E-state index in [0.717, 1.165) is 21.3 Å². The molecule has 0 aromatic heterocycles. The van der Waals surface area contributed by atoms with Gasteiger partial charge in [-0.25, -0.2) is 4.39 Å². The smallest absolute Gasteiger partial charge is 0.127 e. The summed E-state index contributed by atoms with van der Waals surface area (Å²) in [5, 5.41) is 0.435. The average molecular weight is 437 g/mol. The minimum absolute atomic E-state index is 0.0984. The third-order valence-electron chi connectivity index (χ3n) is 3.29. The van der Waals surface area contributed by atoms with Crippen molar-refractivity contribution < 1.29 is 9.13 Å². The van der Waals surface area contributed by atoms with Crippen LogP contribution < -0.4 is 4.74 Å². The highest BCUT2D eigenvalue weighted by atomic mass is 79.9. The van der Waals surface area contributed by atoms with E-state index in [1.807, 2.05) is 19.1 Å². The number of methoxy groups -OCH3 is 1. The number of alkyl halides is 1. The lowest BCUT2D eigenvalue weighted by atomic mass is 10.0. The summed E-state index contributed by atoms with van der Waals surface area (Å²) in [7, 11) is 1.63. The Labute approximate surface area is 145 Å². The van der Waals surface area contributed by atoms with Crippen LogP contribution in [0.4, 0.5) is 4.39 Å². The normalized spacial score (nSPS) is 12.3. The number of halogens is 4. The monoisotopic (exact) mass is 434 g/mol. The first-order chi connectivity index (χ1) is 9.93. The zero-order valence-electron chi connectivity index (χ0n) is 11.6. The van der Waals surface area contributed by atoms with Crippen LogP contribution in [0, 0.1) is 12.7 Å². The van der Waals surface area contributed by atoms with Crippen molar-refractivity contribution in [2.45, 2.75) is 18.2 Å². The van der Waals surface area contributed by atoms with Crippen molar-refractivity contribution in [1.82, 2.24) is 0 Å². The summed E-state index contributed by atoms with van der Waals surface area (Å²) in [6, 6.07) is 8.66. The molecule has 0 heterocycles. The first-order valence-electron chi connectivity index (χ1n) is 6.35. The molecular formula is C16H14Br2ClFO. The highest BCUT2D eigenvalue weighted by Gasteiger charge is 2.18. The Hall–Kier alpha value is -0.580. The fraction of sp³-hybridized carbons (Fsp3) is 0.250. The molecule has 21 heavy (non-hydrogen) atoms. The van der Waals surface area contributed by atoms with Crippen LogP contribution in [0.25, 0.3) is 0 Å². The summed E-state index contributed by atoms with van der Waals surface area (Å²) < 4.78 is 20.3. The lowest BCUT2D eigenvalue weighted by Crippen LogP contribution is -2.02. The van der Waals surface area contributed by atoms with Crippen LogP contribution in [-0.2, 0) is 6.42 Å². The minimum Gasteiger partial charge on any atom is -0.496 e. The highest BCUT2D eigenvalue weighted by Crippen LogP contribution is 2.38. The standard InChI is InChI=1S/C16H14Br2ClFO/c1-9-6-16(21-2)10(7-12(9)17)13(18)8-11-14(19)4-3-5-15(11)20/h3-7,13H,8H2,1-2H3. The number of aryl methyl sites for hydroxylation is 1. The third kappa shape index (κ3) is 3.79. The number of rotatable bonds is 4. The molecule has 0 amide bonds. The molecule has 0 radical (unpaired) electrons. The Bertz CT molecular complexity index is 641. The van der Waals surface area contributed by atoms with Gasteiger partial charge >= 0.3 is 0 Å². The van der Waals surface area contributed by atoms with Gasteiger partial charge < -0.3 is 4.74 Å². The summed E-state index contributed by atoms with van der Waals surface area (Å²) in [5.74, 6) is 0.474. The van der Waals surface area contributed by atoms with E-state index in [1.54, 1.807) is 19.2 Å². The van der Waals surface area contributed by atoms with Crippen molar-refractivity contribution in [3.63, 3.8) is 0 Å². The van der Waals surface area contributed by atoms with Crippen LogP contribution in [0.2, 0.25) is 5.02 Å². The molecule has 1 atom stereocenters. The number of hydrogen-bond donors (Lipinski definition) is 0. The second-order valence-electron chi connectivity index (χ2n) is 4.72. The Balaban J connectivity index is 2.37. The first kappa shape index (κ1) is 16.8. The predicted molar refractivity (Wildman–Crippen MR) is 92.2 cm³/mol. The van der Waals surface area contributed by atoms with E-state index >= 15 is 0 Å². The second kappa shape index (κ2) is 7.12. The molecule has 0 fully saturated rings. The van der Waals surface area contributed by atoms with E-state index in [9.17, 15) is 4.39 Å². The maximum absolute atomic E-state index is 13.9. The maximum atomic E-state index is 13.9. The molecule has 0 saturated heterocycles. The summed E-state index contributed by atoms with van der Waals surface area (Å²) in [6.45, 7) is 1.99. The minimum atomic E-state index is -0.294. The van der Waals surface area contributed by atoms with E-state index in [4.69, 9.17) is 16.3 Å². The number of hydrogen-bond acceptors (Lipinski definition) is 1. The van der Waals surface area contributed by atoms with Gasteiger partial charge in [-0.05, 0) is 43.2 Å². The SMILES string of the molecule is COc1cc(C)c(Br)cc1C(Br)Cc1c(F)cccc1Cl. The van der Waals surface area contributed by atoms with Crippen molar-refractivity contribution in [1.29, 1.82) is 0 Å². The summed E-state index contributed by atoms with van der Waals surface area (Å²) in [5.41, 5.74) is 2.54. The van der Waals surface area contributed by atoms with Crippen molar-refractivity contribution in [2.24, 2.45) is 0 Å². The Morgan fingerprint density at radius 3 is 2.67 bits per heavy atom. The summed E-state index contributed by atoms with van der Waals surface area (Å²) >= 11 is 13.2. The average Bonchev–Trinajstić information content (AvgIpc) is 2.45. The molecule has 1 unspecified atom stereocenters. The lowest BCUT2D eigenvalue weighted by molar-refractivity contribution is 0.409. The van der Waals surface area contributed by atoms with Gasteiger partial charge in [-0.2, -0.15) is 0 Å². The van der Waals surface area contributed by atoms with Crippen molar-refractivity contribution in [3.05, 3.63) is 62.3 Å². The van der Waals surface area contributed by atoms with Gasteiger partial charge in [-0.15, -0.1) is 0 Å². The first-order valence-corrected chi connectivity index (χ1v) is 8.43. The number of benzene rings is 2. The number of ether oxygens (including phenoxy) is 1. The Morgan fingerprint density at radius 2 is 2.05 bits per heavy atom. The molecule has 0 saturated carbocycles. The van der Waals surface area contributed by atoms with Crippen molar-refractivity contribution in [3.8, 4) is 5.75 Å². The van der Waals surface area contributed by atoms with Gasteiger partial charge in [0.15, 0.2) is 0 Å². The molecule has 5 heteroatoms. The van der Waals surface area contributed by atoms with E-state index in [1.165, 1.54) is 6.07 Å². The molecule has 0 aliphatic heterocycles. The quantitative estimate of drug-likeness (QED) is 0.516. The van der Waals surface area contributed by atoms with E-state index in [-0.39, 0.29) is 10.6 Å². The van der Waals surface area contributed by atoms with E-state index in [2.05, 4.69) is 31.9 Å². The van der Waals surface area contributed by atoms with Crippen LogP contribution in [0.5, 0.6) is 5.75 Å². The van der Waals surface area contributed by atoms with E-state index < -0.39 is 0 Å². The summed E-state index contributed by atoms with van der Waals surface area (Å²) in [6.07, 6.45) is 0.442. The molecular weight excluding hydrogens is 422 g/mol. The third-order valence-corrected chi connectivity index (χ3v) is 5.32. The Morgan fingerprint density at radius 1 is 1.33 bits per heavy atom. The largest absolute Gasteiger partial charge is 0.496 e. The fourth-order valence-electron chi connectivity index (χ4n) is 2.11. The van der Waals surface area contributed by atoms with Gasteiger partial charge in [0.2, 0.25) is 0 Å². The zero-order valence-corrected chi connectivity index (χ0v) is 15.5. The van der Waals surface area contributed by atoms with Crippen LogP contribution in [0.1, 0.15) is 21.5 Å². The lowest BCUT2D eigenvalue weighted by Gasteiger charge is -2.17. The maximum Gasteiger partial charge on any atom is 0.127 e. The molecule has 2 aromatic rings. The van der Waals surface area contributed by atoms with Gasteiger partial charge in [0, 0.05) is 25.4 Å². The van der Waals surface area contributed by atoms with Crippen molar-refractivity contribution >= 4 is 43.5 Å². The molecule has 0 aliphatic rings. The van der Waals surface area contributed by atoms with E-state index in [0.29, 0.717) is 17.0 Å².